The summed E-state index contributed by atoms with van der Waals surface area (Å²) < 4.78 is 14.1. The van der Waals surface area contributed by atoms with Gasteiger partial charge >= 0.3 is 6.03 Å². The zero-order chi connectivity index (χ0) is 11.7. The van der Waals surface area contributed by atoms with Gasteiger partial charge in [-0.25, -0.2) is 9.18 Å². The fraction of sp³-hybridized carbons (Fsp3) is 0.400. The zero-order valence-electron chi connectivity index (χ0n) is 8.78. The Balaban J connectivity index is 2.12. The highest BCUT2D eigenvalue weighted by Gasteiger charge is 2.26. The number of carbonyl (C=O) groups is 1. The van der Waals surface area contributed by atoms with E-state index in [0.717, 1.165) is 0 Å². The molecule has 2 rings (SSSR count). The first-order chi connectivity index (χ1) is 7.58. The second kappa shape index (κ2) is 4.37. The summed E-state index contributed by atoms with van der Waals surface area (Å²) in [5, 5.41) is 0. The van der Waals surface area contributed by atoms with E-state index in [4.69, 9.17) is 0 Å². The molecule has 1 saturated heterocycles. The molecule has 0 radical (unpaired) electrons. The van der Waals surface area contributed by atoms with Crippen molar-refractivity contribution in [2.75, 3.05) is 20.1 Å². The number of urea groups is 1. The third-order valence-corrected chi connectivity index (χ3v) is 2.96. The number of aromatic nitrogens is 1. The maximum Gasteiger partial charge on any atom is 0.320 e. The van der Waals surface area contributed by atoms with Crippen LogP contribution in [0.4, 0.5) is 9.18 Å². The first-order valence-electron chi connectivity index (χ1n) is 4.88. The van der Waals surface area contributed by atoms with Gasteiger partial charge in [0.15, 0.2) is 0 Å². The van der Waals surface area contributed by atoms with Crippen LogP contribution in [0.15, 0.2) is 16.7 Å². The van der Waals surface area contributed by atoms with E-state index < -0.39 is 5.82 Å². The Bertz CT molecular complexity index is 427. The molecule has 1 aliphatic rings. The van der Waals surface area contributed by atoms with Crippen molar-refractivity contribution in [3.63, 3.8) is 0 Å². The number of halogens is 2. The SMILES string of the molecule is CN1CCN(Cc2ncc(Br)cc2F)C1=O. The van der Waals surface area contributed by atoms with Crippen LogP contribution in [0.5, 0.6) is 0 Å². The van der Waals surface area contributed by atoms with Crippen LogP contribution >= 0.6 is 15.9 Å². The van der Waals surface area contributed by atoms with Gasteiger partial charge in [-0.2, -0.15) is 0 Å². The minimum atomic E-state index is -0.392. The fourth-order valence-electron chi connectivity index (χ4n) is 1.59. The molecule has 0 N–H and O–H groups in total. The summed E-state index contributed by atoms with van der Waals surface area (Å²) in [7, 11) is 1.73. The lowest BCUT2D eigenvalue weighted by Gasteiger charge is -2.15. The van der Waals surface area contributed by atoms with Crippen molar-refractivity contribution in [3.8, 4) is 0 Å². The first kappa shape index (κ1) is 11.3. The van der Waals surface area contributed by atoms with Gasteiger partial charge in [0.1, 0.15) is 5.82 Å². The Morgan fingerprint density at radius 2 is 2.31 bits per heavy atom. The second-order valence-corrected chi connectivity index (χ2v) is 4.62. The van der Waals surface area contributed by atoms with Crippen molar-refractivity contribution in [1.82, 2.24) is 14.8 Å². The van der Waals surface area contributed by atoms with Gasteiger partial charge in [0.25, 0.3) is 0 Å². The molecule has 86 valence electrons. The molecule has 6 heteroatoms. The normalized spacial score (nSPS) is 16.1. The molecule has 0 bridgehead atoms. The topological polar surface area (TPSA) is 36.4 Å². The summed E-state index contributed by atoms with van der Waals surface area (Å²) in [6.45, 7) is 1.52. The van der Waals surface area contributed by atoms with Gasteiger partial charge in [0.05, 0.1) is 12.2 Å². The number of hydrogen-bond donors (Lipinski definition) is 0. The standard InChI is InChI=1S/C10H11BrFN3O/c1-14-2-3-15(10(14)16)6-9-8(12)4-7(11)5-13-9/h4-5H,2-3,6H2,1H3. The first-order valence-corrected chi connectivity index (χ1v) is 5.67. The molecule has 4 nitrogen and oxygen atoms in total. The van der Waals surface area contributed by atoms with E-state index in [0.29, 0.717) is 23.3 Å². The summed E-state index contributed by atoms with van der Waals surface area (Å²) >= 11 is 3.14. The molecule has 1 aromatic rings. The van der Waals surface area contributed by atoms with Crippen LogP contribution in [0, 0.1) is 5.82 Å². The lowest BCUT2D eigenvalue weighted by atomic mass is 10.3. The molecule has 0 aliphatic carbocycles. The van der Waals surface area contributed by atoms with Crippen molar-refractivity contribution < 1.29 is 9.18 Å². The second-order valence-electron chi connectivity index (χ2n) is 3.71. The monoisotopic (exact) mass is 287 g/mol. The molecule has 1 aromatic heterocycles. The summed E-state index contributed by atoms with van der Waals surface area (Å²) in [5.41, 5.74) is 0.298. The lowest BCUT2D eigenvalue weighted by molar-refractivity contribution is 0.196. The van der Waals surface area contributed by atoms with E-state index in [1.807, 2.05) is 0 Å². The Morgan fingerprint density at radius 3 is 2.88 bits per heavy atom. The van der Waals surface area contributed by atoms with Gasteiger partial charge in [-0.05, 0) is 22.0 Å². The van der Waals surface area contributed by atoms with Crippen molar-refractivity contribution in [2.45, 2.75) is 6.54 Å². The highest BCUT2D eigenvalue weighted by molar-refractivity contribution is 9.10. The van der Waals surface area contributed by atoms with Gasteiger partial charge < -0.3 is 9.80 Å². The smallest absolute Gasteiger partial charge is 0.320 e. The van der Waals surface area contributed by atoms with Crippen LogP contribution in [0.3, 0.4) is 0 Å². The number of rotatable bonds is 2. The minimum absolute atomic E-state index is 0.0795. The average molecular weight is 288 g/mol. The molecule has 1 aliphatic heterocycles. The fourth-order valence-corrected chi connectivity index (χ4v) is 1.89. The summed E-state index contributed by atoms with van der Waals surface area (Å²) in [6, 6.07) is 1.27. The van der Waals surface area contributed by atoms with Crippen molar-refractivity contribution in [3.05, 3.63) is 28.2 Å². The Kier molecular flexibility index (Phi) is 3.09. The third kappa shape index (κ3) is 2.16. The van der Waals surface area contributed by atoms with Crippen LogP contribution in [0.25, 0.3) is 0 Å². The number of hydrogen-bond acceptors (Lipinski definition) is 2. The van der Waals surface area contributed by atoms with E-state index in [1.54, 1.807) is 16.8 Å². The van der Waals surface area contributed by atoms with E-state index in [-0.39, 0.29) is 12.6 Å². The molecule has 0 atom stereocenters. The summed E-state index contributed by atoms with van der Waals surface area (Å²) in [4.78, 5) is 18.7. The van der Waals surface area contributed by atoms with Gasteiger partial charge in [0.2, 0.25) is 0 Å². The highest BCUT2D eigenvalue weighted by Crippen LogP contribution is 2.16. The van der Waals surface area contributed by atoms with Crippen LogP contribution in [0.1, 0.15) is 5.69 Å². The van der Waals surface area contributed by atoms with Gasteiger partial charge in [-0.1, -0.05) is 0 Å². The number of likely N-dealkylation sites (N-methyl/N-ethyl adjacent to an activating group) is 1. The molecule has 2 amide bonds. The molecule has 2 heterocycles. The number of carbonyl (C=O) groups excluding carboxylic acids is 1. The van der Waals surface area contributed by atoms with E-state index in [1.165, 1.54) is 12.3 Å². The number of nitrogens with zero attached hydrogens (tertiary/aromatic N) is 3. The summed E-state index contributed by atoms with van der Waals surface area (Å²) in [5.74, 6) is -0.392. The van der Waals surface area contributed by atoms with Crippen LogP contribution in [-0.4, -0.2) is 41.0 Å². The predicted molar refractivity (Wildman–Crippen MR) is 60.3 cm³/mol. The molecule has 16 heavy (non-hydrogen) atoms. The Hall–Kier alpha value is -1.17. The molecular weight excluding hydrogens is 277 g/mol. The van der Waals surface area contributed by atoms with Crippen molar-refractivity contribution in [1.29, 1.82) is 0 Å². The van der Waals surface area contributed by atoms with E-state index >= 15 is 0 Å². The Morgan fingerprint density at radius 1 is 1.56 bits per heavy atom. The number of amides is 2. The van der Waals surface area contributed by atoms with Crippen molar-refractivity contribution in [2.24, 2.45) is 0 Å². The molecule has 1 fully saturated rings. The molecular formula is C10H11BrFN3O. The quantitative estimate of drug-likeness (QED) is 0.832. The van der Waals surface area contributed by atoms with Gasteiger partial charge in [-0.3, -0.25) is 4.98 Å². The van der Waals surface area contributed by atoms with Crippen molar-refractivity contribution >= 4 is 22.0 Å². The molecule has 0 saturated carbocycles. The Labute approximate surface area is 101 Å². The van der Waals surface area contributed by atoms with Gasteiger partial charge in [-0.15, -0.1) is 0 Å². The van der Waals surface area contributed by atoms with Crippen LogP contribution in [0.2, 0.25) is 0 Å². The highest BCUT2D eigenvalue weighted by atomic mass is 79.9. The minimum Gasteiger partial charge on any atom is -0.326 e. The van der Waals surface area contributed by atoms with E-state index in [2.05, 4.69) is 20.9 Å². The van der Waals surface area contributed by atoms with Crippen LogP contribution < -0.4 is 0 Å². The third-order valence-electron chi connectivity index (χ3n) is 2.53. The molecule has 0 spiro atoms. The van der Waals surface area contributed by atoms with E-state index in [9.17, 15) is 9.18 Å². The predicted octanol–water partition coefficient (Wildman–Crippen LogP) is 1.85. The van der Waals surface area contributed by atoms with Crippen LogP contribution in [-0.2, 0) is 6.54 Å². The summed E-state index contributed by atoms with van der Waals surface area (Å²) in [6.07, 6.45) is 1.53. The maximum absolute atomic E-state index is 13.5. The molecule has 0 unspecified atom stereocenters. The lowest BCUT2D eigenvalue weighted by Crippen LogP contribution is -2.29. The molecule has 0 aromatic carbocycles. The average Bonchev–Trinajstić information content (AvgIpc) is 2.54. The zero-order valence-corrected chi connectivity index (χ0v) is 10.4. The maximum atomic E-state index is 13.5. The van der Waals surface area contributed by atoms with Gasteiger partial charge in [0, 0.05) is 30.8 Å². The number of pyridine rings is 1. The largest absolute Gasteiger partial charge is 0.326 e.